The molecule has 2 aromatic rings. The van der Waals surface area contributed by atoms with Gasteiger partial charge in [0.05, 0.1) is 19.1 Å². The first kappa shape index (κ1) is 20.4. The monoisotopic (exact) mass is 391 g/mol. The summed E-state index contributed by atoms with van der Waals surface area (Å²) in [5.74, 6) is -0.362. The number of rotatable bonds is 6. The van der Waals surface area contributed by atoms with Crippen molar-refractivity contribution >= 4 is 5.91 Å². The third kappa shape index (κ3) is 5.83. The number of ether oxygens (including phenoxy) is 1. The molecule has 0 spiro atoms. The number of halogens is 3. The van der Waals surface area contributed by atoms with Crippen LogP contribution in [0.5, 0.6) is 0 Å². The number of hydrogen-bond acceptors (Lipinski definition) is 2. The van der Waals surface area contributed by atoms with Gasteiger partial charge in [0.25, 0.3) is 0 Å². The molecule has 0 saturated carbocycles. The molecule has 0 aromatic heterocycles. The van der Waals surface area contributed by atoms with Crippen LogP contribution in [-0.2, 0) is 9.53 Å². The largest absolute Gasteiger partial charge is 0.389 e. The molecule has 0 N–H and O–H groups in total. The van der Waals surface area contributed by atoms with Crippen molar-refractivity contribution in [2.75, 3.05) is 19.7 Å². The normalized spacial score (nSPS) is 17.7. The van der Waals surface area contributed by atoms with Gasteiger partial charge in [-0.15, -0.1) is 0 Å². The molecule has 3 nitrogen and oxygen atoms in total. The Hall–Kier alpha value is -2.34. The second-order valence-electron chi connectivity index (χ2n) is 7.06. The zero-order valence-electron chi connectivity index (χ0n) is 15.6. The Morgan fingerprint density at radius 3 is 2.14 bits per heavy atom. The number of morpholine rings is 1. The summed E-state index contributed by atoms with van der Waals surface area (Å²) in [6.07, 6.45) is -5.44. The minimum atomic E-state index is -4.31. The molecule has 150 valence electrons. The van der Waals surface area contributed by atoms with Gasteiger partial charge in [-0.05, 0) is 17.5 Å². The van der Waals surface area contributed by atoms with Crippen molar-refractivity contribution in [2.24, 2.45) is 0 Å². The first-order valence-corrected chi connectivity index (χ1v) is 9.48. The number of amides is 1. The van der Waals surface area contributed by atoms with Gasteiger partial charge in [0.1, 0.15) is 0 Å². The summed E-state index contributed by atoms with van der Waals surface area (Å²) in [4.78, 5) is 13.7. The average molecular weight is 391 g/mol. The lowest BCUT2D eigenvalue weighted by Gasteiger charge is -2.35. The van der Waals surface area contributed by atoms with Gasteiger partial charge in [0, 0.05) is 25.4 Å². The summed E-state index contributed by atoms with van der Waals surface area (Å²) in [5.41, 5.74) is 2.30. The van der Waals surface area contributed by atoms with Crippen LogP contribution in [0.3, 0.4) is 0 Å². The lowest BCUT2D eigenvalue weighted by Crippen LogP contribution is -2.46. The van der Waals surface area contributed by atoms with Gasteiger partial charge in [-0.1, -0.05) is 60.7 Å². The number of carbonyl (C=O) groups excluding carboxylic acids is 1. The van der Waals surface area contributed by atoms with Gasteiger partial charge in [-0.25, -0.2) is 0 Å². The summed E-state index contributed by atoms with van der Waals surface area (Å²) < 4.78 is 43.1. The predicted octanol–water partition coefficient (Wildman–Crippen LogP) is 4.78. The molecule has 1 fully saturated rings. The van der Waals surface area contributed by atoms with E-state index in [1.54, 1.807) is 0 Å². The van der Waals surface area contributed by atoms with E-state index in [0.29, 0.717) is 26.1 Å². The Kier molecular flexibility index (Phi) is 6.73. The lowest BCUT2D eigenvalue weighted by molar-refractivity contribution is -0.153. The van der Waals surface area contributed by atoms with Gasteiger partial charge in [0.15, 0.2) is 0 Å². The minimum absolute atomic E-state index is 0.0950. The molecule has 1 heterocycles. The van der Waals surface area contributed by atoms with Crippen LogP contribution in [0.1, 0.15) is 36.3 Å². The Balaban J connectivity index is 1.68. The smallest absolute Gasteiger partial charge is 0.375 e. The Bertz CT molecular complexity index is 710. The van der Waals surface area contributed by atoms with Crippen LogP contribution < -0.4 is 0 Å². The van der Waals surface area contributed by atoms with Crippen LogP contribution >= 0.6 is 0 Å². The highest BCUT2D eigenvalue weighted by Gasteiger charge is 2.32. The van der Waals surface area contributed by atoms with E-state index < -0.39 is 24.9 Å². The molecule has 1 aliphatic heterocycles. The zero-order chi connectivity index (χ0) is 20.0. The van der Waals surface area contributed by atoms with E-state index in [-0.39, 0.29) is 12.0 Å². The fraction of sp³-hybridized carbons (Fsp3) is 0.409. The molecule has 0 radical (unpaired) electrons. The molecule has 1 atom stereocenters. The zero-order valence-corrected chi connectivity index (χ0v) is 15.6. The maximum atomic E-state index is 12.4. The van der Waals surface area contributed by atoms with Crippen LogP contribution in [0, 0.1) is 0 Å². The quantitative estimate of drug-likeness (QED) is 0.709. The third-order valence-electron chi connectivity index (χ3n) is 5.02. The lowest BCUT2D eigenvalue weighted by atomic mass is 9.86. The van der Waals surface area contributed by atoms with Gasteiger partial charge in [-0.3, -0.25) is 4.79 Å². The van der Waals surface area contributed by atoms with Gasteiger partial charge in [0.2, 0.25) is 5.91 Å². The van der Waals surface area contributed by atoms with Gasteiger partial charge >= 0.3 is 6.18 Å². The number of nitrogens with zero attached hydrogens (tertiary/aromatic N) is 1. The highest BCUT2D eigenvalue weighted by molar-refractivity contribution is 5.76. The first-order chi connectivity index (χ1) is 13.4. The SMILES string of the molecule is O=C(CCC(F)(F)F)N1CCO[C@@H](CC(c2ccccc2)c2ccccc2)C1. The third-order valence-corrected chi connectivity index (χ3v) is 5.02. The minimum Gasteiger partial charge on any atom is -0.375 e. The molecule has 0 unspecified atom stereocenters. The highest BCUT2D eigenvalue weighted by Crippen LogP contribution is 2.31. The molecule has 6 heteroatoms. The van der Waals surface area contributed by atoms with E-state index >= 15 is 0 Å². The van der Waals surface area contributed by atoms with Gasteiger partial charge in [-0.2, -0.15) is 13.2 Å². The van der Waals surface area contributed by atoms with E-state index in [0.717, 1.165) is 11.1 Å². The maximum Gasteiger partial charge on any atom is 0.389 e. The predicted molar refractivity (Wildman–Crippen MR) is 101 cm³/mol. The summed E-state index contributed by atoms with van der Waals surface area (Å²) >= 11 is 0. The molecule has 0 aliphatic carbocycles. The molecule has 0 bridgehead atoms. The van der Waals surface area contributed by atoms with Crippen LogP contribution in [0.4, 0.5) is 13.2 Å². The van der Waals surface area contributed by atoms with Crippen LogP contribution in [0.15, 0.2) is 60.7 Å². The fourth-order valence-electron chi connectivity index (χ4n) is 3.59. The van der Waals surface area contributed by atoms with E-state index in [1.165, 1.54) is 4.90 Å². The number of carbonyl (C=O) groups is 1. The van der Waals surface area contributed by atoms with E-state index in [9.17, 15) is 18.0 Å². The summed E-state index contributed by atoms with van der Waals surface area (Å²) in [7, 11) is 0. The molecule has 1 aliphatic rings. The van der Waals surface area contributed by atoms with Crippen molar-refractivity contribution in [3.63, 3.8) is 0 Å². The number of alkyl halides is 3. The van der Waals surface area contributed by atoms with Crippen LogP contribution in [0.2, 0.25) is 0 Å². The van der Waals surface area contributed by atoms with Crippen molar-refractivity contribution in [1.29, 1.82) is 0 Å². The Morgan fingerprint density at radius 2 is 1.61 bits per heavy atom. The van der Waals surface area contributed by atoms with Crippen molar-refractivity contribution in [3.8, 4) is 0 Å². The number of benzene rings is 2. The van der Waals surface area contributed by atoms with Crippen molar-refractivity contribution in [2.45, 2.75) is 37.5 Å². The number of hydrogen-bond donors (Lipinski definition) is 0. The molecule has 2 aromatic carbocycles. The van der Waals surface area contributed by atoms with Crippen LogP contribution in [-0.4, -0.2) is 42.8 Å². The van der Waals surface area contributed by atoms with E-state index in [1.807, 2.05) is 36.4 Å². The molecular weight excluding hydrogens is 367 g/mol. The second-order valence-corrected chi connectivity index (χ2v) is 7.06. The maximum absolute atomic E-state index is 12.4. The molecule has 1 amide bonds. The summed E-state index contributed by atoms with van der Waals surface area (Å²) in [6, 6.07) is 20.1. The van der Waals surface area contributed by atoms with Crippen LogP contribution in [0.25, 0.3) is 0 Å². The molecular formula is C22H24F3NO2. The van der Waals surface area contributed by atoms with Crippen molar-refractivity contribution < 1.29 is 22.7 Å². The topological polar surface area (TPSA) is 29.5 Å². The van der Waals surface area contributed by atoms with E-state index in [4.69, 9.17) is 4.74 Å². The second kappa shape index (κ2) is 9.24. The Labute approximate surface area is 163 Å². The van der Waals surface area contributed by atoms with Crippen molar-refractivity contribution in [1.82, 2.24) is 4.90 Å². The highest BCUT2D eigenvalue weighted by atomic mass is 19.4. The van der Waals surface area contributed by atoms with Crippen molar-refractivity contribution in [3.05, 3.63) is 71.8 Å². The average Bonchev–Trinajstić information content (AvgIpc) is 2.71. The standard InChI is InChI=1S/C22H24F3NO2/c23-22(24,25)12-11-21(27)26-13-14-28-19(16-26)15-20(17-7-3-1-4-8-17)18-9-5-2-6-10-18/h1-10,19-20H,11-16H2/t19-/m0/s1. The fourth-order valence-corrected chi connectivity index (χ4v) is 3.59. The molecule has 28 heavy (non-hydrogen) atoms. The summed E-state index contributed by atoms with van der Waals surface area (Å²) in [6.45, 7) is 1.01. The molecule has 1 saturated heterocycles. The summed E-state index contributed by atoms with van der Waals surface area (Å²) in [5, 5.41) is 0. The van der Waals surface area contributed by atoms with E-state index in [2.05, 4.69) is 24.3 Å². The molecule has 3 rings (SSSR count). The van der Waals surface area contributed by atoms with Gasteiger partial charge < -0.3 is 9.64 Å². The first-order valence-electron chi connectivity index (χ1n) is 9.48. The Morgan fingerprint density at radius 1 is 1.04 bits per heavy atom.